The van der Waals surface area contributed by atoms with Crippen LogP contribution in [0.15, 0.2) is 47.4 Å². The Bertz CT molecular complexity index is 925. The highest BCUT2D eigenvalue weighted by atomic mass is 35.5. The first kappa shape index (κ1) is 20.2. The predicted molar refractivity (Wildman–Crippen MR) is 97.8 cm³/mol. The number of hydrogen-bond donors (Lipinski definition) is 2. The maximum Gasteiger partial charge on any atom is 0.341 e. The normalized spacial score (nSPS) is 12.3. The van der Waals surface area contributed by atoms with Gasteiger partial charge >= 0.3 is 5.97 Å². The molecule has 7 nitrogen and oxygen atoms in total. The number of esters is 1. The molecule has 2 aromatic rings. The predicted octanol–water partition coefficient (Wildman–Crippen LogP) is 2.82. The molecule has 0 aliphatic carbocycles. The van der Waals surface area contributed by atoms with Crippen molar-refractivity contribution in [3.63, 3.8) is 0 Å². The number of nitrogens with two attached hydrogens (primary N) is 1. The zero-order valence-corrected chi connectivity index (χ0v) is 15.7. The molecule has 0 spiro atoms. The van der Waals surface area contributed by atoms with Gasteiger partial charge in [0.15, 0.2) is 6.10 Å². The van der Waals surface area contributed by atoms with Crippen LogP contribution < -0.4 is 10.5 Å². The van der Waals surface area contributed by atoms with Crippen molar-refractivity contribution in [2.75, 3.05) is 5.32 Å². The second kappa shape index (κ2) is 8.05. The molecule has 2 rings (SSSR count). The van der Waals surface area contributed by atoms with Gasteiger partial charge in [-0.25, -0.2) is 18.4 Å². The molecular weight excluding hydrogens is 403 g/mol. The average Bonchev–Trinajstić information content (AvgIpc) is 2.54. The second-order valence-electron chi connectivity index (χ2n) is 5.20. The van der Waals surface area contributed by atoms with E-state index >= 15 is 0 Å². The zero-order valence-electron chi connectivity index (χ0n) is 13.4. The van der Waals surface area contributed by atoms with Crippen molar-refractivity contribution < 1.29 is 22.7 Å². The molecule has 1 atom stereocenters. The summed E-state index contributed by atoms with van der Waals surface area (Å²) in [5, 5.41) is 7.70. The van der Waals surface area contributed by atoms with Crippen molar-refractivity contribution in [3.05, 3.63) is 58.1 Å². The Morgan fingerprint density at radius 1 is 1.08 bits per heavy atom. The Morgan fingerprint density at radius 2 is 1.62 bits per heavy atom. The third-order valence-electron chi connectivity index (χ3n) is 3.27. The summed E-state index contributed by atoms with van der Waals surface area (Å²) in [7, 11) is -3.83. The minimum absolute atomic E-state index is 0.0343. The molecule has 0 bridgehead atoms. The molecule has 10 heteroatoms. The van der Waals surface area contributed by atoms with Gasteiger partial charge in [-0.1, -0.05) is 29.3 Å². The number of hydrogen-bond acceptors (Lipinski definition) is 5. The lowest BCUT2D eigenvalue weighted by Crippen LogP contribution is -2.30. The summed E-state index contributed by atoms with van der Waals surface area (Å²) in [4.78, 5) is 24.2. The Labute approximate surface area is 160 Å². The van der Waals surface area contributed by atoms with Gasteiger partial charge in [-0.15, -0.1) is 0 Å². The van der Waals surface area contributed by atoms with E-state index in [-0.39, 0.29) is 20.5 Å². The van der Waals surface area contributed by atoms with Crippen molar-refractivity contribution in [2.24, 2.45) is 5.14 Å². The Balaban J connectivity index is 2.05. The Hall–Kier alpha value is -2.13. The molecule has 1 unspecified atom stereocenters. The number of nitrogens with one attached hydrogen (secondary N) is 1. The number of carbonyl (C=O) groups excluding carboxylic acids is 2. The van der Waals surface area contributed by atoms with Gasteiger partial charge in [-0.3, -0.25) is 4.79 Å². The van der Waals surface area contributed by atoms with Crippen molar-refractivity contribution >= 4 is 50.8 Å². The smallest absolute Gasteiger partial charge is 0.341 e. The summed E-state index contributed by atoms with van der Waals surface area (Å²) >= 11 is 11.8. The second-order valence-corrected chi connectivity index (χ2v) is 7.58. The van der Waals surface area contributed by atoms with E-state index in [2.05, 4.69) is 5.32 Å². The van der Waals surface area contributed by atoms with E-state index in [0.717, 1.165) is 0 Å². The summed E-state index contributed by atoms with van der Waals surface area (Å²) in [6.07, 6.45) is -1.15. The van der Waals surface area contributed by atoms with Crippen LogP contribution in [0.2, 0.25) is 10.0 Å². The molecule has 2 aromatic carbocycles. The molecule has 1 amide bonds. The quantitative estimate of drug-likeness (QED) is 0.726. The van der Waals surface area contributed by atoms with Crippen LogP contribution >= 0.6 is 23.2 Å². The summed E-state index contributed by atoms with van der Waals surface area (Å²) in [6, 6.07) is 9.72. The highest BCUT2D eigenvalue weighted by molar-refractivity contribution is 7.89. The SMILES string of the molecule is CC(OC(=O)c1c(Cl)cccc1Cl)C(=O)Nc1ccc(S(N)(=O)=O)cc1. The van der Waals surface area contributed by atoms with Crippen LogP contribution in [-0.2, 0) is 19.6 Å². The van der Waals surface area contributed by atoms with Crippen LogP contribution in [0, 0.1) is 0 Å². The molecule has 0 saturated carbocycles. The molecule has 0 aromatic heterocycles. The van der Waals surface area contributed by atoms with Crippen LogP contribution in [0.3, 0.4) is 0 Å². The van der Waals surface area contributed by atoms with E-state index in [0.29, 0.717) is 5.69 Å². The largest absolute Gasteiger partial charge is 0.449 e. The molecular formula is C16H14Cl2N2O5S. The van der Waals surface area contributed by atoms with Crippen LogP contribution in [0.25, 0.3) is 0 Å². The molecule has 0 fully saturated rings. The first-order valence-corrected chi connectivity index (χ1v) is 9.48. The van der Waals surface area contributed by atoms with E-state index in [1.165, 1.54) is 43.3 Å². The van der Waals surface area contributed by atoms with Crippen molar-refractivity contribution in [3.8, 4) is 0 Å². The number of halogens is 2. The molecule has 0 saturated heterocycles. The van der Waals surface area contributed by atoms with Crippen molar-refractivity contribution in [2.45, 2.75) is 17.9 Å². The third-order valence-corrected chi connectivity index (χ3v) is 4.83. The van der Waals surface area contributed by atoms with Gasteiger partial charge in [0, 0.05) is 5.69 Å². The zero-order chi connectivity index (χ0) is 19.5. The Kier molecular flexibility index (Phi) is 6.25. The number of ether oxygens (including phenoxy) is 1. The van der Waals surface area contributed by atoms with E-state index in [9.17, 15) is 18.0 Å². The highest BCUT2D eigenvalue weighted by Crippen LogP contribution is 2.25. The first-order chi connectivity index (χ1) is 12.1. The molecule has 3 N–H and O–H groups in total. The molecule has 138 valence electrons. The van der Waals surface area contributed by atoms with Crippen LogP contribution in [0.4, 0.5) is 5.69 Å². The summed E-state index contributed by atoms with van der Waals surface area (Å²) < 4.78 is 27.5. The van der Waals surface area contributed by atoms with Gasteiger partial charge in [0.05, 0.1) is 20.5 Å². The van der Waals surface area contributed by atoms with E-state index in [1.807, 2.05) is 0 Å². The fourth-order valence-electron chi connectivity index (χ4n) is 1.94. The maximum atomic E-state index is 12.2. The van der Waals surface area contributed by atoms with E-state index in [1.54, 1.807) is 6.07 Å². The van der Waals surface area contributed by atoms with E-state index < -0.39 is 28.0 Å². The van der Waals surface area contributed by atoms with Crippen LogP contribution in [0.1, 0.15) is 17.3 Å². The number of carbonyl (C=O) groups is 2. The van der Waals surface area contributed by atoms with Crippen LogP contribution in [0.5, 0.6) is 0 Å². The lowest BCUT2D eigenvalue weighted by molar-refractivity contribution is -0.123. The number of amides is 1. The lowest BCUT2D eigenvalue weighted by Gasteiger charge is -2.14. The van der Waals surface area contributed by atoms with Gasteiger partial charge in [0.25, 0.3) is 5.91 Å². The molecule has 0 aliphatic heterocycles. The molecule has 0 aliphatic rings. The number of sulfonamides is 1. The summed E-state index contributed by atoms with van der Waals surface area (Å²) in [6.45, 7) is 1.37. The molecule has 0 radical (unpaired) electrons. The number of benzene rings is 2. The minimum atomic E-state index is -3.83. The van der Waals surface area contributed by atoms with Gasteiger partial charge in [-0.05, 0) is 43.3 Å². The topological polar surface area (TPSA) is 116 Å². The molecule has 0 heterocycles. The summed E-state index contributed by atoms with van der Waals surface area (Å²) in [5.41, 5.74) is 0.272. The van der Waals surface area contributed by atoms with Gasteiger partial charge in [0.2, 0.25) is 10.0 Å². The standard InChI is InChI=1S/C16H14Cl2N2O5S/c1-9(25-16(22)14-12(17)3-2-4-13(14)18)15(21)20-10-5-7-11(8-6-10)26(19,23)24/h2-9H,1H3,(H,20,21)(H2,19,23,24). The van der Waals surface area contributed by atoms with Crippen molar-refractivity contribution in [1.29, 1.82) is 0 Å². The monoisotopic (exact) mass is 416 g/mol. The lowest BCUT2D eigenvalue weighted by atomic mass is 10.2. The molecule has 26 heavy (non-hydrogen) atoms. The minimum Gasteiger partial charge on any atom is -0.449 e. The maximum absolute atomic E-state index is 12.2. The average molecular weight is 417 g/mol. The fraction of sp³-hybridized carbons (Fsp3) is 0.125. The van der Waals surface area contributed by atoms with Gasteiger partial charge in [0.1, 0.15) is 0 Å². The highest BCUT2D eigenvalue weighted by Gasteiger charge is 2.22. The number of rotatable bonds is 5. The third kappa shape index (κ3) is 4.95. The Morgan fingerprint density at radius 3 is 2.12 bits per heavy atom. The van der Waals surface area contributed by atoms with Gasteiger partial charge < -0.3 is 10.1 Å². The number of primary sulfonamides is 1. The summed E-state index contributed by atoms with van der Waals surface area (Å²) in [5.74, 6) is -1.46. The fourth-order valence-corrected chi connectivity index (χ4v) is 3.00. The first-order valence-electron chi connectivity index (χ1n) is 7.18. The van der Waals surface area contributed by atoms with Gasteiger partial charge in [-0.2, -0.15) is 0 Å². The van der Waals surface area contributed by atoms with Crippen LogP contribution in [-0.4, -0.2) is 26.4 Å². The number of anilines is 1. The van der Waals surface area contributed by atoms with E-state index in [4.69, 9.17) is 33.1 Å². The van der Waals surface area contributed by atoms with Crippen molar-refractivity contribution in [1.82, 2.24) is 0 Å².